The zero-order valence-electron chi connectivity index (χ0n) is 5.50. The van der Waals surface area contributed by atoms with E-state index in [1.807, 2.05) is 14.0 Å². The van der Waals surface area contributed by atoms with Gasteiger partial charge in [0.25, 0.3) is 0 Å². The summed E-state index contributed by atoms with van der Waals surface area (Å²) in [5.41, 5.74) is 0. The molecule has 0 spiro atoms. The first-order valence-electron chi connectivity index (χ1n) is 2.52. The van der Waals surface area contributed by atoms with E-state index in [1.165, 1.54) is 0 Å². The van der Waals surface area contributed by atoms with Crippen molar-refractivity contribution in [2.75, 3.05) is 20.6 Å². The van der Waals surface area contributed by atoms with E-state index in [4.69, 9.17) is 0 Å². The monoisotopic (exact) mass is 115 g/mol. The van der Waals surface area contributed by atoms with Crippen molar-refractivity contribution >= 4 is 0 Å². The normalized spacial score (nSPS) is 7.38. The van der Waals surface area contributed by atoms with Crippen molar-refractivity contribution in [2.24, 2.45) is 10.3 Å². The fraction of sp³-hybridized carbons (Fsp3) is 1.00. The summed E-state index contributed by atoms with van der Waals surface area (Å²) in [6, 6.07) is 0. The Morgan fingerprint density at radius 1 is 1.62 bits per heavy atom. The van der Waals surface area contributed by atoms with Gasteiger partial charge in [-0.25, -0.2) is 0 Å². The van der Waals surface area contributed by atoms with Crippen LogP contribution in [-0.2, 0) is 0 Å². The molecule has 0 saturated carbocycles. The molecular weight excluding hydrogens is 104 g/mol. The number of rotatable bonds is 2. The standard InChI is InChI=1S/C4H11N4/c1-4-8(3)7-6-5-2/h4H2,1-3H3/q+1. The molecule has 0 N–H and O–H groups in total. The first kappa shape index (κ1) is 7.11. The van der Waals surface area contributed by atoms with Crippen molar-refractivity contribution in [3.8, 4) is 0 Å². The summed E-state index contributed by atoms with van der Waals surface area (Å²) in [4.78, 5) is 3.42. The zero-order valence-corrected chi connectivity index (χ0v) is 5.50. The molecule has 0 fully saturated rings. The largest absolute Gasteiger partial charge is 0.217 e. The van der Waals surface area contributed by atoms with E-state index in [1.54, 1.807) is 12.1 Å². The molecule has 0 aromatic rings. The molecular formula is C4H11N4+. The van der Waals surface area contributed by atoms with E-state index in [9.17, 15) is 0 Å². The van der Waals surface area contributed by atoms with Crippen LogP contribution < -0.4 is 4.91 Å². The second kappa shape index (κ2) is 4.27. The van der Waals surface area contributed by atoms with Gasteiger partial charge in [-0.3, -0.25) is 0 Å². The summed E-state index contributed by atoms with van der Waals surface area (Å²) in [6.45, 7) is 2.85. The van der Waals surface area contributed by atoms with Crippen LogP contribution in [0, 0.1) is 0 Å². The summed E-state index contributed by atoms with van der Waals surface area (Å²) >= 11 is 0. The van der Waals surface area contributed by atoms with Crippen LogP contribution in [0.3, 0.4) is 0 Å². The van der Waals surface area contributed by atoms with Crippen LogP contribution in [0.15, 0.2) is 10.3 Å². The van der Waals surface area contributed by atoms with Gasteiger partial charge in [0.2, 0.25) is 5.22 Å². The van der Waals surface area contributed by atoms with E-state index in [2.05, 4.69) is 15.2 Å². The molecule has 0 unspecified atom stereocenters. The molecule has 0 atom stereocenters. The SMILES string of the molecule is CCN(C)N=[N+]=NC. The van der Waals surface area contributed by atoms with Crippen molar-refractivity contribution in [1.29, 1.82) is 0 Å². The predicted octanol–water partition coefficient (Wildman–Crippen LogP) is 0.454. The Morgan fingerprint density at radius 3 is 2.62 bits per heavy atom. The Hall–Kier alpha value is -0.890. The molecule has 4 heteroatoms. The highest BCUT2D eigenvalue weighted by molar-refractivity contribution is 4.25. The summed E-state index contributed by atoms with van der Waals surface area (Å²) < 4.78 is 0. The molecule has 0 saturated heterocycles. The molecule has 0 heterocycles. The molecule has 0 aliphatic rings. The minimum atomic E-state index is 0.860. The summed E-state index contributed by atoms with van der Waals surface area (Å²) in [6.07, 6.45) is 0. The molecule has 0 radical (unpaired) electrons. The van der Waals surface area contributed by atoms with Crippen LogP contribution in [0.25, 0.3) is 0 Å². The molecule has 0 bridgehead atoms. The summed E-state index contributed by atoms with van der Waals surface area (Å²) in [7, 11) is 3.43. The van der Waals surface area contributed by atoms with Gasteiger partial charge in [-0.2, -0.15) is 5.01 Å². The lowest BCUT2D eigenvalue weighted by Gasteiger charge is -1.89. The maximum absolute atomic E-state index is 3.65. The second-order valence-electron chi connectivity index (χ2n) is 1.35. The maximum atomic E-state index is 3.65. The van der Waals surface area contributed by atoms with Crippen LogP contribution >= 0.6 is 0 Å². The van der Waals surface area contributed by atoms with Gasteiger partial charge in [-0.05, 0) is 6.92 Å². The first-order chi connectivity index (χ1) is 3.81. The third kappa shape index (κ3) is 3.31. The average molecular weight is 115 g/mol. The molecule has 46 valence electrons. The molecule has 0 amide bonds. The van der Waals surface area contributed by atoms with Crippen LogP contribution in [0.4, 0.5) is 0 Å². The Balaban J connectivity index is 3.52. The van der Waals surface area contributed by atoms with Crippen molar-refractivity contribution in [3.63, 3.8) is 0 Å². The lowest BCUT2D eigenvalue weighted by atomic mass is 10.8. The third-order valence-corrected chi connectivity index (χ3v) is 0.740. The van der Waals surface area contributed by atoms with Gasteiger partial charge in [0.05, 0.1) is 19.0 Å². The highest BCUT2D eigenvalue weighted by atomic mass is 15.5. The van der Waals surface area contributed by atoms with E-state index >= 15 is 0 Å². The quantitative estimate of drug-likeness (QED) is 0.293. The van der Waals surface area contributed by atoms with Gasteiger partial charge in [0.1, 0.15) is 6.54 Å². The van der Waals surface area contributed by atoms with E-state index in [0.29, 0.717) is 0 Å². The molecule has 4 nitrogen and oxygen atoms in total. The maximum Gasteiger partial charge on any atom is 0.217 e. The van der Waals surface area contributed by atoms with Gasteiger partial charge in [0.15, 0.2) is 0 Å². The minimum absolute atomic E-state index is 0.860. The molecule has 0 aliphatic carbocycles. The summed E-state index contributed by atoms with van der Waals surface area (Å²) in [5, 5.41) is 8.79. The van der Waals surface area contributed by atoms with E-state index in [0.717, 1.165) is 6.54 Å². The van der Waals surface area contributed by atoms with Crippen LogP contribution in [0.5, 0.6) is 0 Å². The Bertz CT molecular complexity index is 103. The number of hydrogen-bond donors (Lipinski definition) is 0. The molecule has 0 aromatic heterocycles. The summed E-state index contributed by atoms with van der Waals surface area (Å²) in [5.74, 6) is 0. The van der Waals surface area contributed by atoms with E-state index < -0.39 is 0 Å². The van der Waals surface area contributed by atoms with Gasteiger partial charge < -0.3 is 0 Å². The van der Waals surface area contributed by atoms with Crippen LogP contribution in [0.2, 0.25) is 0 Å². The van der Waals surface area contributed by atoms with Crippen molar-refractivity contribution < 1.29 is 0 Å². The fourth-order valence-electron chi connectivity index (χ4n) is 0.172. The lowest BCUT2D eigenvalue weighted by molar-refractivity contribution is 0.342. The fourth-order valence-corrected chi connectivity index (χ4v) is 0.172. The van der Waals surface area contributed by atoms with Gasteiger partial charge in [-0.15, -0.1) is 0 Å². The highest BCUT2D eigenvalue weighted by Gasteiger charge is 1.91. The van der Waals surface area contributed by atoms with Crippen molar-refractivity contribution in [1.82, 2.24) is 9.92 Å². The van der Waals surface area contributed by atoms with Gasteiger partial charge in [-0.1, -0.05) is 0 Å². The highest BCUT2D eigenvalue weighted by Crippen LogP contribution is 1.74. The minimum Gasteiger partial charge on any atom is -0.156 e. The van der Waals surface area contributed by atoms with Crippen LogP contribution in [0.1, 0.15) is 6.92 Å². The van der Waals surface area contributed by atoms with Gasteiger partial charge >= 0.3 is 0 Å². The average Bonchev–Trinajstić information content (AvgIpc) is 1.83. The Labute approximate surface area is 48.9 Å². The number of hydrogen-bond acceptors (Lipinski definition) is 2. The van der Waals surface area contributed by atoms with Crippen molar-refractivity contribution in [3.05, 3.63) is 0 Å². The molecule has 8 heavy (non-hydrogen) atoms. The lowest BCUT2D eigenvalue weighted by Crippen LogP contribution is -2.08. The molecule has 0 rings (SSSR count). The second-order valence-corrected chi connectivity index (χ2v) is 1.35. The van der Waals surface area contributed by atoms with Crippen molar-refractivity contribution in [2.45, 2.75) is 6.92 Å². The Kier molecular flexibility index (Phi) is 3.80. The number of nitrogens with zero attached hydrogens (tertiary/aromatic N) is 4. The Morgan fingerprint density at radius 2 is 2.25 bits per heavy atom. The zero-order chi connectivity index (χ0) is 6.41. The van der Waals surface area contributed by atoms with Gasteiger partial charge in [0, 0.05) is 5.11 Å². The van der Waals surface area contributed by atoms with E-state index in [-0.39, 0.29) is 0 Å². The molecule has 0 aromatic carbocycles. The third-order valence-electron chi connectivity index (χ3n) is 0.740. The predicted molar refractivity (Wildman–Crippen MR) is 31.2 cm³/mol. The smallest absolute Gasteiger partial charge is 0.156 e. The topological polar surface area (TPSA) is 42.1 Å². The first-order valence-corrected chi connectivity index (χ1v) is 2.52. The molecule has 0 aliphatic heterocycles. The van der Waals surface area contributed by atoms with Crippen LogP contribution in [-0.4, -0.2) is 25.6 Å².